The molecule has 0 aromatic rings. The molecule has 92 valence electrons. The molecule has 0 spiro atoms. The molecular weight excluding hydrogens is 210 g/mol. The molecule has 0 aromatic carbocycles. The van der Waals surface area contributed by atoms with Gasteiger partial charge < -0.3 is 20.2 Å². The minimum Gasteiger partial charge on any atom is -0.480 e. The van der Waals surface area contributed by atoms with E-state index in [1.54, 1.807) is 0 Å². The van der Waals surface area contributed by atoms with Crippen molar-refractivity contribution in [2.75, 3.05) is 39.8 Å². The Hall–Kier alpha value is -1.14. The topological polar surface area (TPSA) is 72.9 Å². The van der Waals surface area contributed by atoms with Crippen molar-refractivity contribution in [3.8, 4) is 0 Å². The molecule has 1 unspecified atom stereocenters. The molecule has 0 radical (unpaired) electrons. The monoisotopic (exact) mass is 229 g/mol. The predicted octanol–water partition coefficient (Wildman–Crippen LogP) is -1.18. The van der Waals surface area contributed by atoms with Crippen LogP contribution in [0.5, 0.6) is 0 Å². The van der Waals surface area contributed by atoms with Crippen molar-refractivity contribution in [2.24, 2.45) is 0 Å². The van der Waals surface area contributed by atoms with Gasteiger partial charge in [0.2, 0.25) is 6.41 Å². The highest BCUT2D eigenvalue weighted by Crippen LogP contribution is 2.02. The van der Waals surface area contributed by atoms with Crippen molar-refractivity contribution in [2.45, 2.75) is 12.5 Å². The van der Waals surface area contributed by atoms with Crippen molar-refractivity contribution in [3.05, 3.63) is 0 Å². The highest BCUT2D eigenvalue weighted by molar-refractivity contribution is 5.76. The van der Waals surface area contributed by atoms with Crippen LogP contribution in [0.15, 0.2) is 0 Å². The first-order valence-corrected chi connectivity index (χ1v) is 5.47. The second kappa shape index (κ2) is 6.44. The largest absolute Gasteiger partial charge is 0.480 e. The molecule has 1 atom stereocenters. The number of nitrogens with one attached hydrogen (secondary N) is 1. The fourth-order valence-corrected chi connectivity index (χ4v) is 1.74. The number of likely N-dealkylation sites (N-methyl/N-ethyl adjacent to an activating group) is 1. The lowest BCUT2D eigenvalue weighted by molar-refractivity contribution is -0.140. The van der Waals surface area contributed by atoms with Gasteiger partial charge in [0.25, 0.3) is 0 Å². The summed E-state index contributed by atoms with van der Waals surface area (Å²) in [5.74, 6) is -0.971. The van der Waals surface area contributed by atoms with E-state index in [-0.39, 0.29) is 0 Å². The minimum absolute atomic E-state index is 0.447. The Morgan fingerprint density at radius 1 is 1.44 bits per heavy atom. The van der Waals surface area contributed by atoms with Gasteiger partial charge in [0.1, 0.15) is 6.04 Å². The fraction of sp³-hybridized carbons (Fsp3) is 0.800. The molecule has 1 saturated heterocycles. The zero-order valence-corrected chi connectivity index (χ0v) is 9.56. The van der Waals surface area contributed by atoms with Crippen LogP contribution in [-0.4, -0.2) is 73.1 Å². The first kappa shape index (κ1) is 12.9. The molecule has 0 saturated carbocycles. The van der Waals surface area contributed by atoms with Gasteiger partial charge in [0.15, 0.2) is 0 Å². The van der Waals surface area contributed by atoms with Crippen LogP contribution in [0, 0.1) is 0 Å². The predicted molar refractivity (Wildman–Crippen MR) is 59.2 cm³/mol. The van der Waals surface area contributed by atoms with E-state index in [1.807, 2.05) is 0 Å². The number of carbonyl (C=O) groups excluding carboxylic acids is 1. The lowest BCUT2D eigenvalue weighted by atomic mass is 10.2. The summed E-state index contributed by atoms with van der Waals surface area (Å²) in [4.78, 5) is 25.5. The zero-order chi connectivity index (χ0) is 12.0. The van der Waals surface area contributed by atoms with E-state index >= 15 is 0 Å². The Kier molecular flexibility index (Phi) is 5.21. The van der Waals surface area contributed by atoms with Crippen LogP contribution in [0.1, 0.15) is 6.42 Å². The Morgan fingerprint density at radius 2 is 2.06 bits per heavy atom. The number of nitrogens with zero attached hydrogens (tertiary/aromatic N) is 2. The second-order valence-electron chi connectivity index (χ2n) is 4.11. The number of hydrogen-bond donors (Lipinski definition) is 2. The molecule has 16 heavy (non-hydrogen) atoms. The van der Waals surface area contributed by atoms with E-state index in [2.05, 4.69) is 22.2 Å². The van der Waals surface area contributed by atoms with Crippen LogP contribution < -0.4 is 5.32 Å². The molecule has 6 nitrogen and oxygen atoms in total. The maximum Gasteiger partial charge on any atom is 0.326 e. The van der Waals surface area contributed by atoms with Gasteiger partial charge in [-0.1, -0.05) is 0 Å². The maximum absolute atomic E-state index is 10.8. The van der Waals surface area contributed by atoms with Crippen LogP contribution in [0.3, 0.4) is 0 Å². The average Bonchev–Trinajstić information content (AvgIpc) is 2.26. The zero-order valence-electron chi connectivity index (χ0n) is 9.56. The molecule has 1 aliphatic heterocycles. The van der Waals surface area contributed by atoms with Crippen molar-refractivity contribution >= 4 is 12.4 Å². The lowest BCUT2D eigenvalue weighted by Crippen LogP contribution is -2.46. The third-order valence-corrected chi connectivity index (χ3v) is 2.90. The van der Waals surface area contributed by atoms with E-state index in [4.69, 9.17) is 5.11 Å². The molecule has 1 aliphatic rings. The number of carboxylic acids is 1. The van der Waals surface area contributed by atoms with Gasteiger partial charge in [0, 0.05) is 32.7 Å². The Labute approximate surface area is 95.2 Å². The van der Waals surface area contributed by atoms with Crippen LogP contribution >= 0.6 is 0 Å². The van der Waals surface area contributed by atoms with Crippen molar-refractivity contribution in [3.63, 3.8) is 0 Å². The van der Waals surface area contributed by atoms with Gasteiger partial charge >= 0.3 is 5.97 Å². The summed E-state index contributed by atoms with van der Waals surface area (Å²) < 4.78 is 0. The normalized spacial score (nSPS) is 20.3. The van der Waals surface area contributed by atoms with Gasteiger partial charge in [-0.2, -0.15) is 0 Å². The molecular formula is C10H19N3O3. The summed E-state index contributed by atoms with van der Waals surface area (Å²) in [5.41, 5.74) is 0. The summed E-state index contributed by atoms with van der Waals surface area (Å²) >= 11 is 0. The molecule has 0 bridgehead atoms. The van der Waals surface area contributed by atoms with Crippen molar-refractivity contribution < 1.29 is 14.7 Å². The average molecular weight is 229 g/mol. The number of carbonyl (C=O) groups is 2. The van der Waals surface area contributed by atoms with E-state index in [9.17, 15) is 9.59 Å². The van der Waals surface area contributed by atoms with Gasteiger partial charge in [0.05, 0.1) is 0 Å². The molecule has 0 aromatic heterocycles. The quantitative estimate of drug-likeness (QED) is 0.561. The highest BCUT2D eigenvalue weighted by atomic mass is 16.4. The van der Waals surface area contributed by atoms with Crippen molar-refractivity contribution in [1.29, 1.82) is 0 Å². The summed E-state index contributed by atoms with van der Waals surface area (Å²) in [7, 11) is 2.07. The molecule has 1 fully saturated rings. The summed E-state index contributed by atoms with van der Waals surface area (Å²) in [6, 6.07) is -0.767. The molecule has 1 heterocycles. The first-order valence-electron chi connectivity index (χ1n) is 5.47. The number of piperazine rings is 1. The lowest BCUT2D eigenvalue weighted by Gasteiger charge is -2.32. The highest BCUT2D eigenvalue weighted by Gasteiger charge is 2.19. The Balaban J connectivity index is 2.26. The van der Waals surface area contributed by atoms with E-state index in [0.29, 0.717) is 19.4 Å². The number of amides is 1. The van der Waals surface area contributed by atoms with Gasteiger partial charge in [-0.15, -0.1) is 0 Å². The van der Waals surface area contributed by atoms with E-state index in [1.165, 1.54) is 0 Å². The van der Waals surface area contributed by atoms with Crippen LogP contribution in [-0.2, 0) is 9.59 Å². The summed E-state index contributed by atoms with van der Waals surface area (Å²) in [5, 5.41) is 11.1. The molecule has 1 rings (SSSR count). The Bertz CT molecular complexity index is 239. The molecule has 2 N–H and O–H groups in total. The number of rotatable bonds is 6. The van der Waals surface area contributed by atoms with E-state index < -0.39 is 12.0 Å². The Morgan fingerprint density at radius 3 is 2.56 bits per heavy atom. The number of carboxylic acid groups (broad SMARTS) is 1. The third kappa shape index (κ3) is 4.16. The molecule has 6 heteroatoms. The molecule has 0 aliphatic carbocycles. The van der Waals surface area contributed by atoms with Crippen molar-refractivity contribution in [1.82, 2.24) is 15.1 Å². The molecule has 1 amide bonds. The number of aliphatic carboxylic acids is 1. The third-order valence-electron chi connectivity index (χ3n) is 2.90. The standard InChI is InChI=1S/C10H19N3O3/c1-12-4-6-13(7-5-12)3-2-9(10(15)16)11-8-14/h8-9H,2-7H2,1H3,(H,11,14)(H,15,16). The number of hydrogen-bond acceptors (Lipinski definition) is 4. The van der Waals surface area contributed by atoms with Gasteiger partial charge in [-0.05, 0) is 13.5 Å². The van der Waals surface area contributed by atoms with E-state index in [0.717, 1.165) is 26.2 Å². The smallest absolute Gasteiger partial charge is 0.326 e. The SMILES string of the molecule is CN1CCN(CCC(NC=O)C(=O)O)CC1. The second-order valence-corrected chi connectivity index (χ2v) is 4.11. The van der Waals surface area contributed by atoms with Gasteiger partial charge in [-0.25, -0.2) is 4.79 Å². The van der Waals surface area contributed by atoms with Gasteiger partial charge in [-0.3, -0.25) is 4.79 Å². The van der Waals surface area contributed by atoms with Crippen LogP contribution in [0.4, 0.5) is 0 Å². The fourth-order valence-electron chi connectivity index (χ4n) is 1.74. The summed E-state index contributed by atoms with van der Waals surface area (Å²) in [6.07, 6.45) is 0.903. The van der Waals surface area contributed by atoms with Crippen LogP contribution in [0.2, 0.25) is 0 Å². The van der Waals surface area contributed by atoms with Crippen LogP contribution in [0.25, 0.3) is 0 Å². The first-order chi connectivity index (χ1) is 7.63. The maximum atomic E-state index is 10.8. The summed E-state index contributed by atoms with van der Waals surface area (Å²) in [6.45, 7) is 4.66. The minimum atomic E-state index is -0.971.